The third kappa shape index (κ3) is 4.46. The van der Waals surface area contributed by atoms with Crippen LogP contribution < -0.4 is 0 Å². The molecule has 2 aliphatic rings. The summed E-state index contributed by atoms with van der Waals surface area (Å²) in [6, 6.07) is 0.263. The molecule has 110 valence electrons. The fraction of sp³-hybridized carbons (Fsp3) is 0.933. The number of likely N-dealkylation sites (tertiary alicyclic amines) is 1. The lowest BCUT2D eigenvalue weighted by atomic mass is 9.98. The van der Waals surface area contributed by atoms with Gasteiger partial charge in [0.25, 0.3) is 0 Å². The molecular formula is C15H27NO3. The largest absolute Gasteiger partial charge is 0.396 e. The maximum Gasteiger partial charge on any atom is 0.222 e. The van der Waals surface area contributed by atoms with Crippen molar-refractivity contribution in [1.82, 2.24) is 4.90 Å². The lowest BCUT2D eigenvalue weighted by Crippen LogP contribution is -2.44. The van der Waals surface area contributed by atoms with Crippen LogP contribution in [0.3, 0.4) is 0 Å². The highest BCUT2D eigenvalue weighted by molar-refractivity contribution is 5.76. The molecule has 2 saturated heterocycles. The van der Waals surface area contributed by atoms with Crippen LogP contribution >= 0.6 is 0 Å². The van der Waals surface area contributed by atoms with Crippen LogP contribution in [-0.2, 0) is 9.53 Å². The molecule has 1 amide bonds. The summed E-state index contributed by atoms with van der Waals surface area (Å²) in [7, 11) is 0. The van der Waals surface area contributed by atoms with Crippen LogP contribution in [0.2, 0.25) is 0 Å². The zero-order valence-electron chi connectivity index (χ0n) is 11.9. The average Bonchev–Trinajstić information content (AvgIpc) is 2.47. The zero-order chi connectivity index (χ0) is 13.5. The molecule has 0 aliphatic carbocycles. The number of aliphatic hydroxyl groups is 1. The zero-order valence-corrected chi connectivity index (χ0v) is 11.9. The van der Waals surface area contributed by atoms with Crippen molar-refractivity contribution in [3.8, 4) is 0 Å². The molecule has 2 aliphatic heterocycles. The molecule has 2 heterocycles. The first-order valence-electron chi connectivity index (χ1n) is 7.83. The maximum atomic E-state index is 12.3. The first-order valence-corrected chi connectivity index (χ1v) is 7.83. The number of hydrogen-bond donors (Lipinski definition) is 1. The maximum absolute atomic E-state index is 12.3. The lowest BCUT2D eigenvalue weighted by molar-refractivity contribution is -0.136. The highest BCUT2D eigenvalue weighted by Crippen LogP contribution is 2.22. The Bertz CT molecular complexity index is 275. The molecule has 0 radical (unpaired) electrons. The number of hydrogen-bond acceptors (Lipinski definition) is 3. The van der Waals surface area contributed by atoms with Gasteiger partial charge in [-0.15, -0.1) is 0 Å². The van der Waals surface area contributed by atoms with Crippen molar-refractivity contribution in [3.05, 3.63) is 0 Å². The summed E-state index contributed by atoms with van der Waals surface area (Å²) < 4.78 is 5.68. The molecule has 1 N–H and O–H groups in total. The Morgan fingerprint density at radius 3 is 2.74 bits per heavy atom. The van der Waals surface area contributed by atoms with Crippen LogP contribution in [0.5, 0.6) is 0 Å². The van der Waals surface area contributed by atoms with Gasteiger partial charge in [-0.2, -0.15) is 0 Å². The first kappa shape index (κ1) is 14.8. The number of carbonyl (C=O) groups is 1. The Labute approximate surface area is 116 Å². The van der Waals surface area contributed by atoms with E-state index < -0.39 is 0 Å². The lowest BCUT2D eigenvalue weighted by Gasteiger charge is -2.36. The third-order valence-electron chi connectivity index (χ3n) is 4.36. The third-order valence-corrected chi connectivity index (χ3v) is 4.36. The standard InChI is InChI=1S/C15H27NO3/c17-11-9-13-5-1-3-10-16(13)15(18)8-7-14-6-2-4-12-19-14/h13-14,17H,1-12H2. The smallest absolute Gasteiger partial charge is 0.222 e. The Morgan fingerprint density at radius 2 is 2.00 bits per heavy atom. The van der Waals surface area contributed by atoms with E-state index in [1.165, 1.54) is 12.8 Å². The highest BCUT2D eigenvalue weighted by atomic mass is 16.5. The van der Waals surface area contributed by atoms with Crippen LogP contribution in [0.25, 0.3) is 0 Å². The predicted molar refractivity (Wildman–Crippen MR) is 73.9 cm³/mol. The molecule has 2 fully saturated rings. The number of amides is 1. The van der Waals surface area contributed by atoms with Gasteiger partial charge in [-0.05, 0) is 51.4 Å². The molecule has 4 nitrogen and oxygen atoms in total. The molecular weight excluding hydrogens is 242 g/mol. The quantitative estimate of drug-likeness (QED) is 0.831. The summed E-state index contributed by atoms with van der Waals surface area (Å²) in [5.74, 6) is 0.257. The molecule has 0 aromatic carbocycles. The molecule has 2 unspecified atom stereocenters. The van der Waals surface area contributed by atoms with Crippen LogP contribution in [-0.4, -0.2) is 47.8 Å². The van der Waals surface area contributed by atoms with Crippen LogP contribution in [0.1, 0.15) is 57.8 Å². The predicted octanol–water partition coefficient (Wildman–Crippen LogP) is 2.10. The summed E-state index contributed by atoms with van der Waals surface area (Å²) in [4.78, 5) is 14.3. The SMILES string of the molecule is O=C(CCC1CCCCO1)N1CCCCC1CCO. The van der Waals surface area contributed by atoms with Crippen LogP contribution in [0.15, 0.2) is 0 Å². The summed E-state index contributed by atoms with van der Waals surface area (Å²) in [5, 5.41) is 9.09. The van der Waals surface area contributed by atoms with Crippen molar-refractivity contribution in [2.45, 2.75) is 69.9 Å². The molecule has 0 bridgehead atoms. The number of ether oxygens (including phenoxy) is 1. The molecule has 0 aromatic heterocycles. The fourth-order valence-corrected chi connectivity index (χ4v) is 3.24. The Kier molecular flexibility index (Phi) is 6.11. The summed E-state index contributed by atoms with van der Waals surface area (Å²) in [6.45, 7) is 1.91. The van der Waals surface area contributed by atoms with Crippen molar-refractivity contribution >= 4 is 5.91 Å². The van der Waals surface area contributed by atoms with Crippen molar-refractivity contribution in [2.24, 2.45) is 0 Å². The van der Waals surface area contributed by atoms with E-state index in [1.807, 2.05) is 4.90 Å². The minimum Gasteiger partial charge on any atom is -0.396 e. The number of carbonyl (C=O) groups excluding carboxylic acids is 1. The second-order valence-corrected chi connectivity index (χ2v) is 5.78. The summed E-state index contributed by atoms with van der Waals surface area (Å²) in [6.07, 6.45) is 9.32. The van der Waals surface area contributed by atoms with Crippen LogP contribution in [0, 0.1) is 0 Å². The van der Waals surface area contributed by atoms with Crippen molar-refractivity contribution in [3.63, 3.8) is 0 Å². The minimum atomic E-state index is 0.181. The number of aliphatic hydroxyl groups excluding tert-OH is 1. The normalized spacial score (nSPS) is 28.4. The monoisotopic (exact) mass is 269 g/mol. The molecule has 2 rings (SSSR count). The highest BCUT2D eigenvalue weighted by Gasteiger charge is 2.26. The van der Waals surface area contributed by atoms with Gasteiger partial charge in [0.15, 0.2) is 0 Å². The van der Waals surface area contributed by atoms with Crippen molar-refractivity contribution < 1.29 is 14.6 Å². The van der Waals surface area contributed by atoms with Gasteiger partial charge >= 0.3 is 0 Å². The van der Waals surface area contributed by atoms with Gasteiger partial charge in [0, 0.05) is 32.2 Å². The molecule has 0 spiro atoms. The topological polar surface area (TPSA) is 49.8 Å². The van der Waals surface area contributed by atoms with E-state index in [9.17, 15) is 4.79 Å². The fourth-order valence-electron chi connectivity index (χ4n) is 3.24. The van der Waals surface area contributed by atoms with Gasteiger partial charge in [-0.1, -0.05) is 0 Å². The summed E-state index contributed by atoms with van der Waals surface area (Å²) in [5.41, 5.74) is 0. The van der Waals surface area contributed by atoms with Gasteiger partial charge < -0.3 is 14.7 Å². The van der Waals surface area contributed by atoms with E-state index in [-0.39, 0.29) is 18.6 Å². The number of rotatable bonds is 5. The molecule has 19 heavy (non-hydrogen) atoms. The van der Waals surface area contributed by atoms with Gasteiger partial charge in [-0.3, -0.25) is 4.79 Å². The molecule has 0 saturated carbocycles. The van der Waals surface area contributed by atoms with Gasteiger partial charge in [0.2, 0.25) is 5.91 Å². The Morgan fingerprint density at radius 1 is 1.16 bits per heavy atom. The van der Waals surface area contributed by atoms with Crippen molar-refractivity contribution in [1.29, 1.82) is 0 Å². The second-order valence-electron chi connectivity index (χ2n) is 5.78. The molecule has 2 atom stereocenters. The van der Waals surface area contributed by atoms with Gasteiger partial charge in [0.05, 0.1) is 6.10 Å². The molecule has 4 heteroatoms. The van der Waals surface area contributed by atoms with Gasteiger partial charge in [-0.25, -0.2) is 0 Å². The Hall–Kier alpha value is -0.610. The number of nitrogens with zero attached hydrogens (tertiary/aromatic N) is 1. The molecule has 0 aromatic rings. The van der Waals surface area contributed by atoms with E-state index in [2.05, 4.69) is 0 Å². The van der Waals surface area contributed by atoms with E-state index in [0.29, 0.717) is 12.5 Å². The second kappa shape index (κ2) is 7.85. The van der Waals surface area contributed by atoms with E-state index in [4.69, 9.17) is 9.84 Å². The number of piperidine rings is 1. The van der Waals surface area contributed by atoms with Gasteiger partial charge in [0.1, 0.15) is 0 Å². The minimum absolute atomic E-state index is 0.181. The van der Waals surface area contributed by atoms with E-state index in [1.54, 1.807) is 0 Å². The first-order chi connectivity index (χ1) is 9.31. The van der Waals surface area contributed by atoms with E-state index in [0.717, 1.165) is 51.7 Å². The average molecular weight is 269 g/mol. The van der Waals surface area contributed by atoms with E-state index >= 15 is 0 Å². The Balaban J connectivity index is 1.76. The summed E-state index contributed by atoms with van der Waals surface area (Å²) >= 11 is 0. The van der Waals surface area contributed by atoms with Crippen molar-refractivity contribution in [2.75, 3.05) is 19.8 Å². The van der Waals surface area contributed by atoms with Crippen LogP contribution in [0.4, 0.5) is 0 Å².